The van der Waals surface area contributed by atoms with Gasteiger partial charge in [0.05, 0.1) is 12.1 Å². The van der Waals surface area contributed by atoms with Gasteiger partial charge in [0, 0.05) is 12.8 Å². The largest absolute Gasteiger partial charge is 0.480 e. The van der Waals surface area contributed by atoms with Crippen LogP contribution in [0.25, 0.3) is 11.1 Å². The minimum Gasteiger partial charge on any atom is -0.480 e. The molecule has 4 aromatic carbocycles. The lowest BCUT2D eigenvalue weighted by Crippen LogP contribution is -2.56. The van der Waals surface area contributed by atoms with Crippen LogP contribution in [0.1, 0.15) is 43.0 Å². The van der Waals surface area contributed by atoms with Crippen molar-refractivity contribution in [3.63, 3.8) is 0 Å². The molecule has 2 amide bonds. The second-order valence-corrected chi connectivity index (χ2v) is 12.5. The van der Waals surface area contributed by atoms with Gasteiger partial charge < -0.3 is 19.9 Å². The zero-order valence-electron chi connectivity index (χ0n) is 26.6. The van der Waals surface area contributed by atoms with Gasteiger partial charge in [-0.25, -0.2) is 9.59 Å². The van der Waals surface area contributed by atoms with Gasteiger partial charge in [-0.3, -0.25) is 9.69 Å². The summed E-state index contributed by atoms with van der Waals surface area (Å²) in [6.45, 7) is 4.89. The minimum absolute atomic E-state index is 0.00594. The monoisotopic (exact) mass is 660 g/mol. The number of carbonyl (C=O) groups is 3. The fourth-order valence-electron chi connectivity index (χ4n) is 5.46. The summed E-state index contributed by atoms with van der Waals surface area (Å²) in [4.78, 5) is 40.6. The Hall–Kier alpha value is -5.32. The molecule has 48 heavy (non-hydrogen) atoms. The molecule has 0 spiro atoms. The van der Waals surface area contributed by atoms with Gasteiger partial charge in [0.1, 0.15) is 29.2 Å². The number of fused-ring (bicyclic) bond motifs is 1. The first-order chi connectivity index (χ1) is 22.7. The number of amides is 2. The van der Waals surface area contributed by atoms with Crippen LogP contribution in [-0.2, 0) is 39.9 Å². The average Bonchev–Trinajstić information content (AvgIpc) is 3.03. The van der Waals surface area contributed by atoms with Crippen molar-refractivity contribution in [3.05, 3.63) is 119 Å². The van der Waals surface area contributed by atoms with Crippen molar-refractivity contribution in [3.8, 4) is 22.6 Å². The number of hydrogen-bond acceptors (Lipinski definition) is 5. The van der Waals surface area contributed by atoms with Crippen LogP contribution >= 0.6 is 0 Å². The van der Waals surface area contributed by atoms with Crippen LogP contribution in [0.2, 0.25) is 0 Å². The highest BCUT2D eigenvalue weighted by Gasteiger charge is 2.39. The second kappa shape index (κ2) is 13.8. The molecule has 1 aliphatic heterocycles. The van der Waals surface area contributed by atoms with E-state index in [1.807, 2.05) is 42.5 Å². The lowest BCUT2D eigenvalue weighted by atomic mass is 9.93. The lowest BCUT2D eigenvalue weighted by molar-refractivity contribution is -0.142. The van der Waals surface area contributed by atoms with Crippen molar-refractivity contribution in [1.82, 2.24) is 10.2 Å². The molecule has 1 aliphatic rings. The van der Waals surface area contributed by atoms with Crippen LogP contribution in [-0.4, -0.2) is 45.7 Å². The zero-order chi connectivity index (χ0) is 34.6. The molecule has 0 unspecified atom stereocenters. The van der Waals surface area contributed by atoms with E-state index in [9.17, 15) is 32.7 Å². The Bertz CT molecular complexity index is 1790. The summed E-state index contributed by atoms with van der Waals surface area (Å²) in [6.07, 6.45) is -5.41. The molecule has 5 rings (SSSR count). The van der Waals surface area contributed by atoms with Gasteiger partial charge >= 0.3 is 18.2 Å². The third-order valence-electron chi connectivity index (χ3n) is 7.77. The van der Waals surface area contributed by atoms with Crippen LogP contribution in [0.4, 0.5) is 18.0 Å². The molecule has 0 bridgehead atoms. The molecule has 0 aliphatic carbocycles. The van der Waals surface area contributed by atoms with E-state index in [4.69, 9.17) is 9.47 Å². The number of carboxylic acids is 1. The summed E-state index contributed by atoms with van der Waals surface area (Å²) in [5, 5.41) is 12.6. The van der Waals surface area contributed by atoms with Crippen molar-refractivity contribution in [2.45, 2.75) is 64.0 Å². The Labute approximate surface area is 276 Å². The Morgan fingerprint density at radius 2 is 1.52 bits per heavy atom. The van der Waals surface area contributed by atoms with E-state index in [-0.39, 0.29) is 30.9 Å². The normalized spacial score (nSPS) is 15.2. The van der Waals surface area contributed by atoms with Crippen molar-refractivity contribution in [1.29, 1.82) is 0 Å². The highest BCUT2D eigenvalue weighted by atomic mass is 19.4. The predicted molar refractivity (Wildman–Crippen MR) is 172 cm³/mol. The van der Waals surface area contributed by atoms with E-state index in [2.05, 4.69) is 5.32 Å². The molecule has 4 aromatic rings. The molecule has 2 atom stereocenters. The summed E-state index contributed by atoms with van der Waals surface area (Å²) in [5.74, 6) is -2.19. The highest BCUT2D eigenvalue weighted by molar-refractivity contribution is 5.90. The number of benzene rings is 4. The number of carboxylic acid groups (broad SMARTS) is 1. The van der Waals surface area contributed by atoms with Gasteiger partial charge in [-0.15, -0.1) is 0 Å². The third-order valence-corrected chi connectivity index (χ3v) is 7.77. The third kappa shape index (κ3) is 8.33. The van der Waals surface area contributed by atoms with Crippen molar-refractivity contribution in [2.75, 3.05) is 0 Å². The van der Waals surface area contributed by atoms with Crippen LogP contribution in [0, 0.1) is 0 Å². The van der Waals surface area contributed by atoms with E-state index in [0.717, 1.165) is 17.2 Å². The summed E-state index contributed by atoms with van der Waals surface area (Å²) in [5.41, 5.74) is 2.02. The molecule has 0 aromatic heterocycles. The van der Waals surface area contributed by atoms with Gasteiger partial charge in [-0.2, -0.15) is 13.2 Å². The molecule has 0 saturated heterocycles. The minimum atomic E-state index is -4.63. The number of rotatable bonds is 8. The van der Waals surface area contributed by atoms with E-state index >= 15 is 0 Å². The molecule has 0 fully saturated rings. The molecular formula is C37H35F3N2O6. The number of nitrogens with zero attached hydrogens (tertiary/aromatic N) is 1. The maximum atomic E-state index is 13.7. The smallest absolute Gasteiger partial charge is 0.419 e. The number of para-hydroxylation sites is 1. The average molecular weight is 661 g/mol. The molecule has 250 valence electrons. The number of carbonyl (C=O) groups excluding carboxylic acids is 2. The molecule has 1 heterocycles. The SMILES string of the molecule is CC(C)(C)OC(=O)N1Cc2cc(Oc3ccccc3C(F)(F)F)ccc2C[C@H]1C(=O)N[C@@H](Cc1ccc(-c2ccccc2)cc1)C(=O)O. The first kappa shape index (κ1) is 34.0. The number of ether oxygens (including phenoxy) is 2. The Kier molecular flexibility index (Phi) is 9.79. The summed E-state index contributed by atoms with van der Waals surface area (Å²) in [6, 6.07) is 24.1. The topological polar surface area (TPSA) is 105 Å². The van der Waals surface area contributed by atoms with Gasteiger partial charge in [0.25, 0.3) is 0 Å². The van der Waals surface area contributed by atoms with Crippen LogP contribution in [0.5, 0.6) is 11.5 Å². The Morgan fingerprint density at radius 1 is 0.875 bits per heavy atom. The maximum Gasteiger partial charge on any atom is 0.419 e. The molecule has 11 heteroatoms. The first-order valence-corrected chi connectivity index (χ1v) is 15.3. The fraction of sp³-hybridized carbons (Fsp3) is 0.270. The number of alkyl halides is 3. The van der Waals surface area contributed by atoms with Crippen LogP contribution < -0.4 is 10.1 Å². The standard InChI is InChI=1S/C37H35F3N2O6/c1-36(2,3)48-35(46)42-22-27-20-28(47-32-12-8-7-11-29(32)37(38,39)40)18-17-26(27)21-31(42)33(43)41-30(34(44)45)19-23-13-15-25(16-14-23)24-9-5-4-6-10-24/h4-18,20,30-31H,19,21-22H2,1-3H3,(H,41,43)(H,44,45)/t30-,31-/m0/s1. The van der Waals surface area contributed by atoms with Crippen LogP contribution in [0.15, 0.2) is 97.1 Å². The molecule has 2 N–H and O–H groups in total. The molecule has 8 nitrogen and oxygen atoms in total. The lowest BCUT2D eigenvalue weighted by Gasteiger charge is -2.37. The first-order valence-electron chi connectivity index (χ1n) is 15.3. The predicted octanol–water partition coefficient (Wildman–Crippen LogP) is 7.64. The van der Waals surface area contributed by atoms with Gasteiger partial charge in [-0.05, 0) is 72.9 Å². The van der Waals surface area contributed by atoms with E-state index in [0.29, 0.717) is 16.7 Å². The number of hydrogen-bond donors (Lipinski definition) is 2. The molecule has 0 radical (unpaired) electrons. The summed E-state index contributed by atoms with van der Waals surface area (Å²) in [7, 11) is 0. The number of nitrogens with one attached hydrogen (secondary N) is 1. The van der Waals surface area contributed by atoms with Gasteiger partial charge in [0.2, 0.25) is 5.91 Å². The van der Waals surface area contributed by atoms with E-state index in [1.54, 1.807) is 39.0 Å². The second-order valence-electron chi connectivity index (χ2n) is 12.5. The van der Waals surface area contributed by atoms with Crippen molar-refractivity contribution >= 4 is 18.0 Å². The molecular weight excluding hydrogens is 625 g/mol. The zero-order valence-corrected chi connectivity index (χ0v) is 26.6. The van der Waals surface area contributed by atoms with E-state index in [1.165, 1.54) is 35.2 Å². The van der Waals surface area contributed by atoms with Crippen molar-refractivity contribution in [2.24, 2.45) is 0 Å². The number of aliphatic carboxylic acids is 1. The summed E-state index contributed by atoms with van der Waals surface area (Å²) >= 11 is 0. The Morgan fingerprint density at radius 3 is 2.17 bits per heavy atom. The summed E-state index contributed by atoms with van der Waals surface area (Å²) < 4.78 is 51.8. The fourth-order valence-corrected chi connectivity index (χ4v) is 5.46. The maximum absolute atomic E-state index is 13.7. The quantitative estimate of drug-likeness (QED) is 0.201. The van der Waals surface area contributed by atoms with E-state index < -0.39 is 47.4 Å². The highest BCUT2D eigenvalue weighted by Crippen LogP contribution is 2.39. The number of halogens is 3. The van der Waals surface area contributed by atoms with Gasteiger partial charge in [-0.1, -0.05) is 72.8 Å². The molecule has 0 saturated carbocycles. The Balaban J connectivity index is 1.37. The van der Waals surface area contributed by atoms with Gasteiger partial charge in [0.15, 0.2) is 0 Å². The van der Waals surface area contributed by atoms with Crippen LogP contribution in [0.3, 0.4) is 0 Å². The van der Waals surface area contributed by atoms with Crippen molar-refractivity contribution < 1.29 is 42.1 Å².